The Morgan fingerprint density at radius 3 is 1.86 bits per heavy atom. The van der Waals surface area contributed by atoms with Gasteiger partial charge in [0.05, 0.1) is 6.10 Å². The molecule has 0 radical (unpaired) electrons. The molecule has 3 heterocycles. The van der Waals surface area contributed by atoms with Crippen molar-refractivity contribution in [2.45, 2.75) is 153 Å². The first-order chi connectivity index (χ1) is 20.9. The Morgan fingerprint density at radius 1 is 0.667 bits per heavy atom. The Balaban J connectivity index is 0.937. The van der Waals surface area contributed by atoms with Crippen LogP contribution in [0.1, 0.15) is 140 Å². The van der Waals surface area contributed by atoms with E-state index in [-0.39, 0.29) is 0 Å². The second kappa shape index (κ2) is 20.8. The number of aryl methyl sites for hydroxylation is 2. The minimum Gasteiger partial charge on any atom is -0.295 e. The van der Waals surface area contributed by atoms with Crippen LogP contribution in [0, 0.1) is 5.92 Å². The molecule has 2 fully saturated rings. The third-order valence-corrected chi connectivity index (χ3v) is 9.55. The van der Waals surface area contributed by atoms with Gasteiger partial charge >= 0.3 is 0 Å². The number of pyridine rings is 2. The van der Waals surface area contributed by atoms with Crippen molar-refractivity contribution in [1.82, 2.24) is 15.0 Å². The fraction of sp³-hybridized carbons (Fsp3) is 0.684. The van der Waals surface area contributed by atoms with Gasteiger partial charge < -0.3 is 0 Å². The van der Waals surface area contributed by atoms with Crippen molar-refractivity contribution in [2.75, 3.05) is 6.54 Å². The van der Waals surface area contributed by atoms with Gasteiger partial charge in [-0.1, -0.05) is 88.5 Å². The minimum atomic E-state index is 0.493. The minimum absolute atomic E-state index is 0.493. The first-order valence-electron chi connectivity index (χ1n) is 17.8. The van der Waals surface area contributed by atoms with E-state index in [1.165, 1.54) is 152 Å². The van der Waals surface area contributed by atoms with E-state index in [1.54, 1.807) is 0 Å². The quantitative estimate of drug-likeness (QED) is 0.0979. The molecule has 1 saturated carbocycles. The normalized spacial score (nSPS) is 20.5. The van der Waals surface area contributed by atoms with Crippen molar-refractivity contribution in [1.29, 1.82) is 0 Å². The van der Waals surface area contributed by atoms with Gasteiger partial charge in [-0.3, -0.25) is 14.8 Å². The molecule has 0 spiro atoms. The Morgan fingerprint density at radius 2 is 1.24 bits per heavy atom. The van der Waals surface area contributed by atoms with Crippen LogP contribution >= 0.6 is 0 Å². The standard InChI is InChI=1S/C38H59N3O/c1(3-5-7-11-15-22-34-24-20-29-39-32-34)2-4-6-10-14-18-31-41-37-27-19-26-36(37)38(42-41)28-17-13-9-8-12-16-23-35-25-21-30-40-33-35/h2,4,20-21,24-25,29-30,32-33,36-38H,1,3,5-19,22-23,26-28,31H2/b4-2-/t36-,37+,38-/m0/s1. The molecule has 1 aliphatic carbocycles. The maximum atomic E-state index is 6.56. The summed E-state index contributed by atoms with van der Waals surface area (Å²) < 4.78 is 0. The third kappa shape index (κ3) is 12.7. The van der Waals surface area contributed by atoms with Gasteiger partial charge in [0.15, 0.2) is 0 Å². The molecule has 0 aromatic carbocycles. The van der Waals surface area contributed by atoms with Crippen molar-refractivity contribution >= 4 is 0 Å². The van der Waals surface area contributed by atoms with Gasteiger partial charge in [0.2, 0.25) is 0 Å². The molecule has 0 N–H and O–H groups in total. The molecule has 4 rings (SSSR count). The maximum absolute atomic E-state index is 6.56. The molecule has 2 aliphatic rings. The first-order valence-corrected chi connectivity index (χ1v) is 17.8. The topological polar surface area (TPSA) is 38.2 Å². The predicted octanol–water partition coefficient (Wildman–Crippen LogP) is 10.2. The van der Waals surface area contributed by atoms with Crippen LogP contribution in [0.4, 0.5) is 0 Å². The van der Waals surface area contributed by atoms with Crippen LogP contribution in [0.15, 0.2) is 61.2 Å². The van der Waals surface area contributed by atoms with E-state index in [0.29, 0.717) is 12.1 Å². The zero-order valence-corrected chi connectivity index (χ0v) is 26.5. The zero-order valence-electron chi connectivity index (χ0n) is 26.5. The first kappa shape index (κ1) is 32.9. The number of unbranched alkanes of at least 4 members (excludes halogenated alkanes) is 13. The van der Waals surface area contributed by atoms with Crippen molar-refractivity contribution in [2.24, 2.45) is 5.92 Å². The van der Waals surface area contributed by atoms with Gasteiger partial charge in [0, 0.05) is 43.3 Å². The summed E-state index contributed by atoms with van der Waals surface area (Å²) in [7, 11) is 0. The molecule has 2 aromatic rings. The van der Waals surface area contributed by atoms with Crippen LogP contribution < -0.4 is 0 Å². The average Bonchev–Trinajstić information content (AvgIpc) is 3.64. The average molecular weight is 574 g/mol. The van der Waals surface area contributed by atoms with Crippen molar-refractivity contribution < 1.29 is 4.84 Å². The summed E-state index contributed by atoms with van der Waals surface area (Å²) in [5.74, 6) is 0.800. The lowest BCUT2D eigenvalue weighted by Crippen LogP contribution is -2.29. The second-order valence-corrected chi connectivity index (χ2v) is 13.0. The maximum Gasteiger partial charge on any atom is 0.0837 e. The molecule has 1 aliphatic heterocycles. The van der Waals surface area contributed by atoms with Crippen LogP contribution in [-0.2, 0) is 17.7 Å². The molecular formula is C38H59N3O. The Kier molecular flexibility index (Phi) is 16.3. The van der Waals surface area contributed by atoms with Gasteiger partial charge in [-0.15, -0.1) is 0 Å². The summed E-state index contributed by atoms with van der Waals surface area (Å²) in [4.78, 5) is 15.0. The lowest BCUT2D eigenvalue weighted by molar-refractivity contribution is -0.167. The number of hydrogen-bond acceptors (Lipinski definition) is 4. The number of rotatable bonds is 23. The summed E-state index contributed by atoms with van der Waals surface area (Å²) in [5.41, 5.74) is 2.75. The highest BCUT2D eigenvalue weighted by molar-refractivity contribution is 5.08. The summed E-state index contributed by atoms with van der Waals surface area (Å²) >= 11 is 0. The lowest BCUT2D eigenvalue weighted by atomic mass is 9.93. The summed E-state index contributed by atoms with van der Waals surface area (Å²) in [5, 5.41) is 2.42. The molecule has 42 heavy (non-hydrogen) atoms. The molecule has 0 unspecified atom stereocenters. The Labute approximate surface area is 257 Å². The molecule has 232 valence electrons. The molecule has 2 aromatic heterocycles. The van der Waals surface area contributed by atoms with Gasteiger partial charge in [-0.05, 0) is 100 Å². The predicted molar refractivity (Wildman–Crippen MR) is 176 cm³/mol. The number of nitrogens with zero attached hydrogens (tertiary/aromatic N) is 3. The van der Waals surface area contributed by atoms with Crippen LogP contribution in [-0.4, -0.2) is 33.7 Å². The summed E-state index contributed by atoms with van der Waals surface area (Å²) in [6, 6.07) is 9.19. The van der Waals surface area contributed by atoms with Crippen molar-refractivity contribution in [3.05, 3.63) is 72.3 Å². The van der Waals surface area contributed by atoms with Gasteiger partial charge in [-0.2, -0.15) is 5.06 Å². The Hall–Kier alpha value is -2.04. The summed E-state index contributed by atoms with van der Waals surface area (Å²) in [6.07, 6.45) is 42.0. The van der Waals surface area contributed by atoms with Crippen LogP contribution in [0.25, 0.3) is 0 Å². The number of fused-ring (bicyclic) bond motifs is 1. The molecular weight excluding hydrogens is 514 g/mol. The third-order valence-electron chi connectivity index (χ3n) is 9.55. The number of hydrogen-bond donors (Lipinski definition) is 0. The Bertz CT molecular complexity index is 949. The van der Waals surface area contributed by atoms with Crippen molar-refractivity contribution in [3.63, 3.8) is 0 Å². The van der Waals surface area contributed by atoms with Gasteiger partial charge in [0.25, 0.3) is 0 Å². The molecule has 0 amide bonds. The van der Waals surface area contributed by atoms with E-state index in [0.717, 1.165) is 12.5 Å². The van der Waals surface area contributed by atoms with E-state index in [9.17, 15) is 0 Å². The van der Waals surface area contributed by atoms with Crippen LogP contribution in [0.5, 0.6) is 0 Å². The smallest absolute Gasteiger partial charge is 0.0837 e. The van der Waals surface area contributed by atoms with Crippen LogP contribution in [0.3, 0.4) is 0 Å². The summed E-state index contributed by atoms with van der Waals surface area (Å²) in [6.45, 7) is 1.14. The molecule has 4 nitrogen and oxygen atoms in total. The fourth-order valence-electron chi connectivity index (χ4n) is 7.11. The SMILES string of the molecule is C(=C/CCCCCN1O[C@@H](CCCCCCCCc2cccnc2)[C@H]2CCC[C@H]21)/CCCCCCCc1cccnc1. The number of allylic oxidation sites excluding steroid dienone is 2. The largest absolute Gasteiger partial charge is 0.295 e. The highest BCUT2D eigenvalue weighted by atomic mass is 16.7. The van der Waals surface area contributed by atoms with Gasteiger partial charge in [-0.25, -0.2) is 0 Å². The fourth-order valence-corrected chi connectivity index (χ4v) is 7.11. The monoisotopic (exact) mass is 573 g/mol. The highest BCUT2D eigenvalue weighted by Gasteiger charge is 2.44. The highest BCUT2D eigenvalue weighted by Crippen LogP contribution is 2.41. The zero-order chi connectivity index (χ0) is 28.9. The number of hydroxylamine groups is 2. The molecule has 3 atom stereocenters. The van der Waals surface area contributed by atoms with Crippen LogP contribution in [0.2, 0.25) is 0 Å². The van der Waals surface area contributed by atoms with E-state index in [1.807, 2.05) is 36.9 Å². The molecule has 4 heteroatoms. The van der Waals surface area contributed by atoms with E-state index in [2.05, 4.69) is 39.3 Å². The van der Waals surface area contributed by atoms with Crippen molar-refractivity contribution in [3.8, 4) is 0 Å². The van der Waals surface area contributed by atoms with E-state index >= 15 is 0 Å². The van der Waals surface area contributed by atoms with E-state index in [4.69, 9.17) is 4.84 Å². The van der Waals surface area contributed by atoms with Gasteiger partial charge in [0.1, 0.15) is 0 Å². The molecule has 1 saturated heterocycles. The number of aromatic nitrogens is 2. The second-order valence-electron chi connectivity index (χ2n) is 13.0. The lowest BCUT2D eigenvalue weighted by Gasteiger charge is -2.21. The molecule has 0 bridgehead atoms. The van der Waals surface area contributed by atoms with E-state index < -0.39 is 0 Å².